The maximum atomic E-state index is 14.3. The molecule has 0 radical (unpaired) electrons. The molecule has 4 aromatic rings. The molecule has 1 heterocycles. The Morgan fingerprint density at radius 2 is 1.29 bits per heavy atom. The van der Waals surface area contributed by atoms with Gasteiger partial charge in [-0.25, -0.2) is 4.39 Å². The van der Waals surface area contributed by atoms with E-state index in [0.717, 1.165) is 22.3 Å². The minimum Gasteiger partial charge on any atom is -0.309 e. The molecule has 0 N–H and O–H groups in total. The minimum absolute atomic E-state index is 0.102. The summed E-state index contributed by atoms with van der Waals surface area (Å²) in [7, 11) is 0. The molecule has 120 valence electrons. The normalized spacial score (nSPS) is 12.2. The molecule has 0 bridgehead atoms. The van der Waals surface area contributed by atoms with Gasteiger partial charge in [-0.05, 0) is 41.3 Å². The third kappa shape index (κ3) is 2.30. The van der Waals surface area contributed by atoms with Gasteiger partial charge in [0.25, 0.3) is 0 Å². The highest BCUT2D eigenvalue weighted by molar-refractivity contribution is 6.09. The van der Waals surface area contributed by atoms with Crippen molar-refractivity contribution in [1.82, 2.24) is 4.57 Å². The fourth-order valence-electron chi connectivity index (χ4n) is 3.34. The molecule has 1 aromatic heterocycles. The van der Waals surface area contributed by atoms with Crippen LogP contribution in [-0.4, -0.2) is 4.57 Å². The van der Waals surface area contributed by atoms with E-state index in [1.54, 1.807) is 12.1 Å². The van der Waals surface area contributed by atoms with Crippen molar-refractivity contribution in [1.29, 1.82) is 0 Å². The van der Waals surface area contributed by atoms with Crippen molar-refractivity contribution < 1.29 is 4.39 Å². The van der Waals surface area contributed by atoms with Crippen molar-refractivity contribution in [3.63, 3.8) is 0 Å². The molecule has 0 aliphatic rings. The molecule has 0 amide bonds. The van der Waals surface area contributed by atoms with Crippen molar-refractivity contribution in [2.75, 3.05) is 0 Å². The van der Waals surface area contributed by atoms with E-state index in [0.29, 0.717) is 0 Å². The zero-order valence-corrected chi connectivity index (χ0v) is 14.2. The zero-order valence-electron chi connectivity index (χ0n) is 14.2. The van der Waals surface area contributed by atoms with E-state index in [-0.39, 0.29) is 11.2 Å². The Hall–Kier alpha value is -2.61. The molecule has 0 spiro atoms. The molecule has 4 rings (SSSR count). The van der Waals surface area contributed by atoms with E-state index < -0.39 is 0 Å². The first-order valence-electron chi connectivity index (χ1n) is 8.25. The van der Waals surface area contributed by atoms with Gasteiger partial charge >= 0.3 is 0 Å². The van der Waals surface area contributed by atoms with Gasteiger partial charge in [0.1, 0.15) is 5.82 Å². The third-order valence-electron chi connectivity index (χ3n) is 4.59. The molecule has 0 atom stereocenters. The largest absolute Gasteiger partial charge is 0.309 e. The van der Waals surface area contributed by atoms with Gasteiger partial charge in [-0.15, -0.1) is 0 Å². The summed E-state index contributed by atoms with van der Waals surface area (Å²) in [5.74, 6) is -0.195. The summed E-state index contributed by atoms with van der Waals surface area (Å²) in [4.78, 5) is 0. The van der Waals surface area contributed by atoms with Crippen LogP contribution in [0.15, 0.2) is 66.7 Å². The van der Waals surface area contributed by atoms with Crippen molar-refractivity contribution in [2.24, 2.45) is 0 Å². The molecule has 3 aromatic carbocycles. The number of aromatic nitrogens is 1. The smallest absolute Gasteiger partial charge is 0.125 e. The lowest BCUT2D eigenvalue weighted by Crippen LogP contribution is -2.12. The number of hydrogen-bond acceptors (Lipinski definition) is 0. The number of halogens is 1. The Morgan fingerprint density at radius 3 is 1.83 bits per heavy atom. The quantitative estimate of drug-likeness (QED) is 0.393. The zero-order chi connectivity index (χ0) is 16.9. The molecule has 0 fully saturated rings. The molecule has 0 aliphatic heterocycles. The fraction of sp³-hybridized carbons (Fsp3) is 0.182. The van der Waals surface area contributed by atoms with Crippen LogP contribution in [-0.2, 0) is 5.41 Å². The van der Waals surface area contributed by atoms with Crippen LogP contribution in [0, 0.1) is 5.82 Å². The SMILES string of the molecule is CC(C)(C)c1cc(F)cc(-n2c3ccccc3c3ccccc32)c1. The van der Waals surface area contributed by atoms with Gasteiger partial charge in [-0.2, -0.15) is 0 Å². The van der Waals surface area contributed by atoms with E-state index in [4.69, 9.17) is 0 Å². The second-order valence-electron chi connectivity index (χ2n) is 7.32. The van der Waals surface area contributed by atoms with Gasteiger partial charge in [0.2, 0.25) is 0 Å². The van der Waals surface area contributed by atoms with Gasteiger partial charge in [0.05, 0.1) is 11.0 Å². The second kappa shape index (κ2) is 5.20. The topological polar surface area (TPSA) is 4.93 Å². The summed E-state index contributed by atoms with van der Waals surface area (Å²) in [6, 6.07) is 21.9. The van der Waals surface area contributed by atoms with Gasteiger partial charge in [-0.3, -0.25) is 0 Å². The van der Waals surface area contributed by atoms with Crippen LogP contribution < -0.4 is 0 Å². The maximum absolute atomic E-state index is 14.3. The van der Waals surface area contributed by atoms with Crippen LogP contribution in [0.25, 0.3) is 27.5 Å². The first kappa shape index (κ1) is 14.9. The van der Waals surface area contributed by atoms with Crippen molar-refractivity contribution in [3.05, 3.63) is 78.1 Å². The van der Waals surface area contributed by atoms with E-state index in [9.17, 15) is 4.39 Å². The lowest BCUT2D eigenvalue weighted by molar-refractivity contribution is 0.571. The molecular formula is C22H20FN. The van der Waals surface area contributed by atoms with E-state index in [1.807, 2.05) is 24.3 Å². The minimum atomic E-state index is -0.195. The molecule has 0 aliphatic carbocycles. The average Bonchev–Trinajstić information content (AvgIpc) is 2.88. The summed E-state index contributed by atoms with van der Waals surface area (Å²) in [5, 5.41) is 2.38. The van der Waals surface area contributed by atoms with Gasteiger partial charge in [0.15, 0.2) is 0 Å². The lowest BCUT2D eigenvalue weighted by Gasteiger charge is -2.21. The highest BCUT2D eigenvalue weighted by Crippen LogP contribution is 2.33. The van der Waals surface area contributed by atoms with Crippen molar-refractivity contribution >= 4 is 21.8 Å². The molecule has 2 heteroatoms. The van der Waals surface area contributed by atoms with Gasteiger partial charge < -0.3 is 4.57 Å². The Morgan fingerprint density at radius 1 is 0.750 bits per heavy atom. The molecule has 0 saturated heterocycles. The monoisotopic (exact) mass is 317 g/mol. The highest BCUT2D eigenvalue weighted by atomic mass is 19.1. The van der Waals surface area contributed by atoms with Crippen molar-refractivity contribution in [3.8, 4) is 5.69 Å². The van der Waals surface area contributed by atoms with Gasteiger partial charge in [0, 0.05) is 16.5 Å². The highest BCUT2D eigenvalue weighted by Gasteiger charge is 2.18. The lowest BCUT2D eigenvalue weighted by atomic mass is 9.87. The predicted molar refractivity (Wildman–Crippen MR) is 99.4 cm³/mol. The number of para-hydroxylation sites is 2. The molecular weight excluding hydrogens is 297 g/mol. The van der Waals surface area contributed by atoms with E-state index >= 15 is 0 Å². The Bertz CT molecular complexity index is 997. The Balaban J connectivity index is 2.11. The van der Waals surface area contributed by atoms with Crippen LogP contribution in [0.3, 0.4) is 0 Å². The summed E-state index contributed by atoms with van der Waals surface area (Å²) in [5.41, 5.74) is 3.97. The number of fused-ring (bicyclic) bond motifs is 3. The summed E-state index contributed by atoms with van der Waals surface area (Å²) in [6.45, 7) is 6.33. The number of rotatable bonds is 1. The first-order chi connectivity index (χ1) is 11.4. The second-order valence-corrected chi connectivity index (χ2v) is 7.32. The maximum Gasteiger partial charge on any atom is 0.125 e. The standard InChI is InChI=1S/C22H20FN/c1-22(2,3)15-12-16(23)14-17(13-15)24-20-10-6-4-8-18(20)19-9-5-7-11-21(19)24/h4-14H,1-3H3. The molecule has 0 unspecified atom stereocenters. The summed E-state index contributed by atoms with van der Waals surface area (Å²) < 4.78 is 16.5. The summed E-state index contributed by atoms with van der Waals surface area (Å²) in [6.07, 6.45) is 0. The molecule has 0 saturated carbocycles. The van der Waals surface area contributed by atoms with Crippen LogP contribution in [0.4, 0.5) is 4.39 Å². The fourth-order valence-corrected chi connectivity index (χ4v) is 3.34. The number of nitrogens with zero attached hydrogens (tertiary/aromatic N) is 1. The summed E-state index contributed by atoms with van der Waals surface area (Å²) >= 11 is 0. The molecule has 1 nitrogen and oxygen atoms in total. The number of benzene rings is 3. The number of hydrogen-bond donors (Lipinski definition) is 0. The van der Waals surface area contributed by atoms with Crippen LogP contribution in [0.5, 0.6) is 0 Å². The molecule has 24 heavy (non-hydrogen) atoms. The van der Waals surface area contributed by atoms with E-state index in [2.05, 4.69) is 55.7 Å². The van der Waals surface area contributed by atoms with Crippen molar-refractivity contribution in [2.45, 2.75) is 26.2 Å². The average molecular weight is 317 g/mol. The van der Waals surface area contributed by atoms with Crippen LogP contribution in [0.2, 0.25) is 0 Å². The van der Waals surface area contributed by atoms with Crippen LogP contribution in [0.1, 0.15) is 26.3 Å². The first-order valence-corrected chi connectivity index (χ1v) is 8.25. The Labute approximate surface area is 141 Å². The van der Waals surface area contributed by atoms with E-state index in [1.165, 1.54) is 10.8 Å². The van der Waals surface area contributed by atoms with Gasteiger partial charge in [-0.1, -0.05) is 57.2 Å². The Kier molecular flexibility index (Phi) is 3.24. The third-order valence-corrected chi connectivity index (χ3v) is 4.59. The predicted octanol–water partition coefficient (Wildman–Crippen LogP) is 6.22. The van der Waals surface area contributed by atoms with Crippen LogP contribution >= 0.6 is 0 Å².